The maximum Gasteiger partial charge on any atom is 0.346 e. The monoisotopic (exact) mass is 440 g/mol. The van der Waals surface area contributed by atoms with Crippen molar-refractivity contribution < 1.29 is 19.1 Å². The van der Waals surface area contributed by atoms with Crippen molar-refractivity contribution in [1.29, 1.82) is 0 Å². The Kier molecular flexibility index (Phi) is 6.25. The van der Waals surface area contributed by atoms with Crippen LogP contribution < -0.4 is 5.69 Å². The molecule has 0 N–H and O–H groups in total. The molecule has 170 valence electrons. The number of hydrogen-bond donors (Lipinski definition) is 0. The Morgan fingerprint density at radius 3 is 2.53 bits per heavy atom. The second-order valence-electron chi connectivity index (χ2n) is 8.56. The van der Waals surface area contributed by atoms with Gasteiger partial charge in [0.2, 0.25) is 5.91 Å². The van der Waals surface area contributed by atoms with E-state index in [1.54, 1.807) is 4.90 Å². The first-order valence-corrected chi connectivity index (χ1v) is 11.1. The van der Waals surface area contributed by atoms with Crippen molar-refractivity contribution in [3.05, 3.63) is 51.7 Å². The van der Waals surface area contributed by atoms with Crippen LogP contribution >= 0.6 is 0 Å². The molecule has 2 atom stereocenters. The molecular weight excluding hydrogens is 412 g/mol. The van der Waals surface area contributed by atoms with Gasteiger partial charge in [-0.15, -0.1) is 0 Å². The molecule has 3 heterocycles. The van der Waals surface area contributed by atoms with Gasteiger partial charge in [0, 0.05) is 19.9 Å². The predicted molar refractivity (Wildman–Crippen MR) is 115 cm³/mol. The number of fused-ring (bicyclic) bond motifs is 1. The number of ether oxygens (including phenoxy) is 1. The highest BCUT2D eigenvalue weighted by Crippen LogP contribution is 2.28. The van der Waals surface area contributed by atoms with Crippen molar-refractivity contribution in [2.24, 2.45) is 0 Å². The third-order valence-corrected chi connectivity index (χ3v) is 6.19. The number of nitrogens with zero attached hydrogens (tertiary/aromatic N) is 4. The lowest BCUT2D eigenvalue weighted by Crippen LogP contribution is -2.47. The molecule has 2 aliphatic rings. The van der Waals surface area contributed by atoms with Crippen LogP contribution in [0.2, 0.25) is 0 Å². The summed E-state index contributed by atoms with van der Waals surface area (Å²) < 4.78 is 7.76. The Hall–Kier alpha value is -3.23. The molecule has 4 rings (SSSR count). The van der Waals surface area contributed by atoms with Crippen LogP contribution in [0.5, 0.6) is 0 Å². The molecule has 1 saturated heterocycles. The smallest absolute Gasteiger partial charge is 0.346 e. The summed E-state index contributed by atoms with van der Waals surface area (Å²) in [5, 5.41) is 4.50. The molecule has 1 amide bonds. The largest absolute Gasteiger partial charge is 0.458 e. The second-order valence-corrected chi connectivity index (χ2v) is 8.56. The van der Waals surface area contributed by atoms with E-state index in [9.17, 15) is 19.2 Å². The Labute approximate surface area is 186 Å². The van der Waals surface area contributed by atoms with Crippen molar-refractivity contribution in [2.45, 2.75) is 64.6 Å². The number of aryl methyl sites for hydroxylation is 2. The Balaban J connectivity index is 1.55. The molecule has 2 aromatic rings. The number of carbonyl (C=O) groups is 3. The summed E-state index contributed by atoms with van der Waals surface area (Å²) in [6, 6.07) is 6.62. The van der Waals surface area contributed by atoms with Crippen LogP contribution in [0.25, 0.3) is 0 Å². The number of ketones is 1. The Morgan fingerprint density at radius 1 is 1.09 bits per heavy atom. The molecular formula is C23H28N4O5. The maximum absolute atomic E-state index is 13.4. The van der Waals surface area contributed by atoms with Gasteiger partial charge in [-0.05, 0) is 38.2 Å². The molecule has 1 aromatic carbocycles. The normalized spacial score (nSPS) is 20.1. The molecule has 0 spiro atoms. The van der Waals surface area contributed by atoms with E-state index in [1.165, 1.54) is 16.2 Å². The maximum atomic E-state index is 13.4. The van der Waals surface area contributed by atoms with E-state index >= 15 is 0 Å². The lowest BCUT2D eigenvalue weighted by Gasteiger charge is -2.30. The summed E-state index contributed by atoms with van der Waals surface area (Å²) in [7, 11) is 0. The highest BCUT2D eigenvalue weighted by molar-refractivity contribution is 5.92. The van der Waals surface area contributed by atoms with Gasteiger partial charge in [-0.1, -0.05) is 29.8 Å². The molecule has 0 aliphatic carbocycles. The highest BCUT2D eigenvalue weighted by Gasteiger charge is 2.40. The average molecular weight is 441 g/mol. The van der Waals surface area contributed by atoms with Gasteiger partial charge in [-0.2, -0.15) is 5.10 Å². The second kappa shape index (κ2) is 9.10. The number of benzene rings is 1. The fraction of sp³-hybridized carbons (Fsp3) is 0.522. The fourth-order valence-electron chi connectivity index (χ4n) is 4.56. The number of rotatable bonds is 6. The number of hydrogen-bond acceptors (Lipinski definition) is 6. The summed E-state index contributed by atoms with van der Waals surface area (Å²) in [5.74, 6) is -0.446. The topological polar surface area (TPSA) is 104 Å². The van der Waals surface area contributed by atoms with Crippen molar-refractivity contribution in [2.75, 3.05) is 13.2 Å². The van der Waals surface area contributed by atoms with Crippen molar-refractivity contribution >= 4 is 17.7 Å². The molecule has 9 nitrogen and oxygen atoms in total. The van der Waals surface area contributed by atoms with Crippen molar-refractivity contribution in [1.82, 2.24) is 19.2 Å². The van der Waals surface area contributed by atoms with Gasteiger partial charge in [0.1, 0.15) is 11.9 Å². The number of esters is 1. The summed E-state index contributed by atoms with van der Waals surface area (Å²) in [6.07, 6.45) is 3.14. The molecule has 1 aromatic heterocycles. The first kappa shape index (κ1) is 22.0. The lowest BCUT2D eigenvalue weighted by molar-refractivity contribution is -0.149. The van der Waals surface area contributed by atoms with E-state index in [0.29, 0.717) is 44.6 Å². The Bertz CT molecular complexity index is 1080. The van der Waals surface area contributed by atoms with Crippen molar-refractivity contribution in [3.8, 4) is 0 Å². The van der Waals surface area contributed by atoms with E-state index in [-0.39, 0.29) is 24.0 Å². The summed E-state index contributed by atoms with van der Waals surface area (Å²) in [6.45, 7) is 3.70. The van der Waals surface area contributed by atoms with Gasteiger partial charge >= 0.3 is 11.7 Å². The number of carbonyl (C=O) groups excluding carboxylic acids is 3. The van der Waals surface area contributed by atoms with Crippen LogP contribution in [0.15, 0.2) is 29.1 Å². The van der Waals surface area contributed by atoms with Gasteiger partial charge in [0.15, 0.2) is 12.4 Å². The van der Waals surface area contributed by atoms with Gasteiger partial charge in [0.05, 0.1) is 12.6 Å². The average Bonchev–Trinajstić information content (AvgIpc) is 3.38. The molecule has 0 radical (unpaired) electrons. The third-order valence-electron chi connectivity index (χ3n) is 6.19. The predicted octanol–water partition coefficient (Wildman–Crippen LogP) is 1.40. The number of likely N-dealkylation sites (tertiary alicyclic amines) is 1. The minimum Gasteiger partial charge on any atom is -0.458 e. The van der Waals surface area contributed by atoms with Crippen molar-refractivity contribution in [3.63, 3.8) is 0 Å². The van der Waals surface area contributed by atoms with E-state index in [2.05, 4.69) is 5.10 Å². The zero-order valence-corrected chi connectivity index (χ0v) is 18.5. The lowest BCUT2D eigenvalue weighted by atomic mass is 10.0. The number of amides is 1. The van der Waals surface area contributed by atoms with Crippen LogP contribution in [0.3, 0.4) is 0 Å². The first-order valence-electron chi connectivity index (χ1n) is 11.1. The van der Waals surface area contributed by atoms with Gasteiger partial charge < -0.3 is 9.64 Å². The minimum absolute atomic E-state index is 0.235. The molecule has 9 heteroatoms. The number of Topliss-reactive ketones (excluding diaryl/α,β-unsaturated/α-hetero) is 1. The number of aromatic nitrogens is 3. The van der Waals surface area contributed by atoms with Crippen LogP contribution in [0.1, 0.15) is 55.6 Å². The van der Waals surface area contributed by atoms with Crippen LogP contribution in [0, 0.1) is 6.92 Å². The van der Waals surface area contributed by atoms with Crippen LogP contribution in [-0.2, 0) is 32.1 Å². The molecule has 0 bridgehead atoms. The van der Waals surface area contributed by atoms with E-state index in [0.717, 1.165) is 17.5 Å². The van der Waals surface area contributed by atoms with E-state index in [4.69, 9.17) is 4.74 Å². The Morgan fingerprint density at radius 2 is 1.81 bits per heavy atom. The zero-order chi connectivity index (χ0) is 22.8. The highest BCUT2D eigenvalue weighted by atomic mass is 16.5. The molecule has 32 heavy (non-hydrogen) atoms. The fourth-order valence-corrected chi connectivity index (χ4v) is 4.56. The zero-order valence-electron chi connectivity index (χ0n) is 18.5. The first-order chi connectivity index (χ1) is 15.3. The minimum atomic E-state index is -0.667. The molecule has 0 saturated carbocycles. The van der Waals surface area contributed by atoms with Gasteiger partial charge in [-0.25, -0.2) is 9.48 Å². The van der Waals surface area contributed by atoms with Gasteiger partial charge in [-0.3, -0.25) is 19.0 Å². The molecule has 1 fully saturated rings. The van der Waals surface area contributed by atoms with E-state index < -0.39 is 18.1 Å². The standard InChI is InChI=1S/C23H28N4O5/c1-15-8-10-17(11-9-15)13-26-23(31)27-19(5-3-7-21(27)24-26)22(30)25-12-4-6-18(25)20(29)14-32-16(2)28/h8-11,18-19H,3-7,12-14H2,1-2H3. The molecule has 2 unspecified atom stereocenters. The summed E-state index contributed by atoms with van der Waals surface area (Å²) in [4.78, 5) is 51.8. The van der Waals surface area contributed by atoms with Crippen LogP contribution in [0.4, 0.5) is 0 Å². The SMILES string of the molecule is CC(=O)OCC(=O)C1CCCN1C(=O)C1CCCc2nn(Cc3ccc(C)cc3)c(=O)n21. The van der Waals surface area contributed by atoms with E-state index in [1.807, 2.05) is 31.2 Å². The van der Waals surface area contributed by atoms with Gasteiger partial charge in [0.25, 0.3) is 0 Å². The molecule has 2 aliphatic heterocycles. The quantitative estimate of drug-likeness (QED) is 0.629. The summed E-state index contributed by atoms with van der Waals surface area (Å²) in [5.41, 5.74) is 1.80. The third kappa shape index (κ3) is 4.37. The summed E-state index contributed by atoms with van der Waals surface area (Å²) >= 11 is 0. The van der Waals surface area contributed by atoms with Crippen LogP contribution in [-0.4, -0.2) is 56.1 Å².